The molecule has 0 spiro atoms. The smallest absolute Gasteiger partial charge is 0.140 e. The molecule has 0 fully saturated rings. The Balaban J connectivity index is 2.19. The number of aromatic nitrogens is 3. The monoisotopic (exact) mass is 231 g/mol. The summed E-state index contributed by atoms with van der Waals surface area (Å²) >= 11 is 0. The Kier molecular flexibility index (Phi) is 3.88. The lowest BCUT2D eigenvalue weighted by molar-refractivity contribution is 0.186. The number of ether oxygens (including phenoxy) is 1. The van der Waals surface area contributed by atoms with Gasteiger partial charge in [0, 0.05) is 19.6 Å². The number of nitrogens with zero attached hydrogens (tertiary/aromatic N) is 3. The Hall–Kier alpha value is -1.68. The van der Waals surface area contributed by atoms with E-state index in [1.165, 1.54) is 5.56 Å². The molecule has 1 atom stereocenters. The summed E-state index contributed by atoms with van der Waals surface area (Å²) in [5.41, 5.74) is 1.25. The van der Waals surface area contributed by atoms with E-state index in [9.17, 15) is 0 Å². The maximum absolute atomic E-state index is 5.08. The van der Waals surface area contributed by atoms with E-state index in [4.69, 9.17) is 4.74 Å². The van der Waals surface area contributed by atoms with Crippen LogP contribution in [0.2, 0.25) is 0 Å². The molecule has 0 aliphatic heterocycles. The van der Waals surface area contributed by atoms with Crippen LogP contribution in [0.1, 0.15) is 24.2 Å². The zero-order valence-electron chi connectivity index (χ0n) is 10.2. The minimum Gasteiger partial charge on any atom is -0.383 e. The van der Waals surface area contributed by atoms with E-state index in [1.807, 2.05) is 22.8 Å². The normalized spacial score (nSPS) is 12.6. The molecule has 90 valence electrons. The van der Waals surface area contributed by atoms with Crippen molar-refractivity contribution in [1.29, 1.82) is 0 Å². The van der Waals surface area contributed by atoms with Gasteiger partial charge in [0.15, 0.2) is 0 Å². The van der Waals surface area contributed by atoms with Gasteiger partial charge in [-0.2, -0.15) is 0 Å². The average Bonchev–Trinajstić information content (AvgIpc) is 2.84. The molecule has 0 radical (unpaired) electrons. The van der Waals surface area contributed by atoms with Crippen LogP contribution in [-0.4, -0.2) is 28.5 Å². The zero-order chi connectivity index (χ0) is 12.1. The second-order valence-electron chi connectivity index (χ2n) is 4.01. The average molecular weight is 231 g/mol. The fourth-order valence-corrected chi connectivity index (χ4v) is 1.85. The molecule has 2 rings (SSSR count). The highest BCUT2D eigenvalue weighted by molar-refractivity contribution is 5.24. The van der Waals surface area contributed by atoms with E-state index in [0.717, 1.165) is 12.4 Å². The number of rotatable bonds is 5. The van der Waals surface area contributed by atoms with Crippen LogP contribution < -0.4 is 0 Å². The fraction of sp³-hybridized carbons (Fsp3) is 0.385. The summed E-state index contributed by atoms with van der Waals surface area (Å²) in [5, 5.41) is 8.18. The topological polar surface area (TPSA) is 39.9 Å². The van der Waals surface area contributed by atoms with Crippen molar-refractivity contribution in [2.24, 2.45) is 0 Å². The Labute approximate surface area is 101 Å². The third kappa shape index (κ3) is 2.71. The first-order valence-corrected chi connectivity index (χ1v) is 5.74. The van der Waals surface area contributed by atoms with Crippen molar-refractivity contribution in [3.63, 3.8) is 0 Å². The summed E-state index contributed by atoms with van der Waals surface area (Å²) in [6, 6.07) is 10.3. The van der Waals surface area contributed by atoms with Crippen LogP contribution in [0.3, 0.4) is 0 Å². The van der Waals surface area contributed by atoms with Gasteiger partial charge >= 0.3 is 0 Å². The van der Waals surface area contributed by atoms with Crippen molar-refractivity contribution < 1.29 is 4.74 Å². The SMILES string of the molecule is COCCn1cnnc1C(C)c1ccccc1. The van der Waals surface area contributed by atoms with Crippen molar-refractivity contribution in [2.45, 2.75) is 19.4 Å². The summed E-state index contributed by atoms with van der Waals surface area (Å²) in [7, 11) is 1.70. The largest absolute Gasteiger partial charge is 0.383 e. The zero-order valence-corrected chi connectivity index (χ0v) is 10.2. The molecule has 0 aliphatic carbocycles. The third-order valence-electron chi connectivity index (χ3n) is 2.87. The van der Waals surface area contributed by atoms with Crippen molar-refractivity contribution in [3.05, 3.63) is 48.0 Å². The first-order chi connectivity index (χ1) is 8.33. The van der Waals surface area contributed by atoms with Crippen LogP contribution in [0.25, 0.3) is 0 Å². The molecular weight excluding hydrogens is 214 g/mol. The first kappa shape index (κ1) is 11.8. The molecule has 1 unspecified atom stereocenters. The van der Waals surface area contributed by atoms with Crippen molar-refractivity contribution >= 4 is 0 Å². The summed E-state index contributed by atoms with van der Waals surface area (Å²) in [4.78, 5) is 0. The third-order valence-corrected chi connectivity index (χ3v) is 2.87. The Morgan fingerprint density at radius 1 is 1.29 bits per heavy atom. The predicted molar refractivity (Wildman–Crippen MR) is 65.9 cm³/mol. The second-order valence-corrected chi connectivity index (χ2v) is 4.01. The van der Waals surface area contributed by atoms with Crippen molar-refractivity contribution in [3.8, 4) is 0 Å². The van der Waals surface area contributed by atoms with Gasteiger partial charge in [0.1, 0.15) is 12.2 Å². The van der Waals surface area contributed by atoms with Crippen molar-refractivity contribution in [1.82, 2.24) is 14.8 Å². The van der Waals surface area contributed by atoms with E-state index < -0.39 is 0 Å². The van der Waals surface area contributed by atoms with Gasteiger partial charge in [-0.1, -0.05) is 37.3 Å². The van der Waals surface area contributed by atoms with Gasteiger partial charge in [-0.15, -0.1) is 10.2 Å². The van der Waals surface area contributed by atoms with Gasteiger partial charge in [-0.3, -0.25) is 0 Å². The minimum atomic E-state index is 0.246. The number of hydrogen-bond acceptors (Lipinski definition) is 3. The maximum Gasteiger partial charge on any atom is 0.140 e. The molecule has 0 amide bonds. The summed E-state index contributed by atoms with van der Waals surface area (Å²) < 4.78 is 7.12. The molecule has 0 saturated carbocycles. The Morgan fingerprint density at radius 3 is 2.76 bits per heavy atom. The number of hydrogen-bond donors (Lipinski definition) is 0. The molecule has 1 aromatic carbocycles. The highest BCUT2D eigenvalue weighted by Gasteiger charge is 2.14. The van der Waals surface area contributed by atoms with E-state index in [1.54, 1.807) is 13.4 Å². The van der Waals surface area contributed by atoms with Gasteiger partial charge in [0.2, 0.25) is 0 Å². The summed E-state index contributed by atoms with van der Waals surface area (Å²) in [6.45, 7) is 3.60. The molecule has 4 nitrogen and oxygen atoms in total. The van der Waals surface area contributed by atoms with Gasteiger partial charge in [0.25, 0.3) is 0 Å². The molecule has 0 aliphatic rings. The van der Waals surface area contributed by atoms with Crippen LogP contribution in [0.4, 0.5) is 0 Å². The summed E-state index contributed by atoms with van der Waals surface area (Å²) in [6.07, 6.45) is 1.76. The van der Waals surface area contributed by atoms with E-state index in [2.05, 4.69) is 29.3 Å². The highest BCUT2D eigenvalue weighted by Crippen LogP contribution is 2.21. The van der Waals surface area contributed by atoms with Gasteiger partial charge in [0.05, 0.1) is 6.61 Å². The molecule has 2 aromatic rings. The Bertz CT molecular complexity index is 453. The van der Waals surface area contributed by atoms with E-state index in [-0.39, 0.29) is 5.92 Å². The fourth-order valence-electron chi connectivity index (χ4n) is 1.85. The van der Waals surface area contributed by atoms with Crippen LogP contribution in [0, 0.1) is 0 Å². The van der Waals surface area contributed by atoms with Crippen molar-refractivity contribution in [2.75, 3.05) is 13.7 Å². The second kappa shape index (κ2) is 5.59. The van der Waals surface area contributed by atoms with E-state index >= 15 is 0 Å². The lowest BCUT2D eigenvalue weighted by atomic mass is 10.0. The lowest BCUT2D eigenvalue weighted by Gasteiger charge is -2.12. The van der Waals surface area contributed by atoms with Gasteiger partial charge in [-0.05, 0) is 5.56 Å². The van der Waals surface area contributed by atoms with Gasteiger partial charge < -0.3 is 9.30 Å². The maximum atomic E-state index is 5.08. The molecular formula is C13H17N3O. The molecule has 0 saturated heterocycles. The first-order valence-electron chi connectivity index (χ1n) is 5.74. The molecule has 1 heterocycles. The lowest BCUT2D eigenvalue weighted by Crippen LogP contribution is -2.10. The predicted octanol–water partition coefficient (Wildman–Crippen LogP) is 2.08. The number of methoxy groups -OCH3 is 1. The van der Waals surface area contributed by atoms with Crippen LogP contribution in [0.15, 0.2) is 36.7 Å². The molecule has 0 N–H and O–H groups in total. The molecule has 4 heteroatoms. The van der Waals surface area contributed by atoms with Crippen LogP contribution in [0.5, 0.6) is 0 Å². The van der Waals surface area contributed by atoms with Gasteiger partial charge in [-0.25, -0.2) is 0 Å². The van der Waals surface area contributed by atoms with Crippen LogP contribution in [-0.2, 0) is 11.3 Å². The highest BCUT2D eigenvalue weighted by atomic mass is 16.5. The number of benzene rings is 1. The molecule has 0 bridgehead atoms. The molecule has 17 heavy (non-hydrogen) atoms. The Morgan fingerprint density at radius 2 is 2.06 bits per heavy atom. The van der Waals surface area contributed by atoms with Crippen LogP contribution >= 0.6 is 0 Å². The minimum absolute atomic E-state index is 0.246. The van der Waals surface area contributed by atoms with E-state index in [0.29, 0.717) is 6.61 Å². The standard InChI is InChI=1S/C13H17N3O/c1-11(12-6-4-3-5-7-12)13-15-14-10-16(13)8-9-17-2/h3-7,10-11H,8-9H2,1-2H3. The quantitative estimate of drug-likeness (QED) is 0.791. The summed E-state index contributed by atoms with van der Waals surface area (Å²) in [5.74, 6) is 1.23. The molecule has 1 aromatic heterocycles.